The number of aryl methyl sites for hydroxylation is 1. The molecule has 0 radical (unpaired) electrons. The van der Waals surface area contributed by atoms with Gasteiger partial charge in [-0.05, 0) is 11.3 Å². The molecule has 0 unspecified atom stereocenters. The van der Waals surface area contributed by atoms with Crippen molar-refractivity contribution in [2.45, 2.75) is 6.54 Å². The van der Waals surface area contributed by atoms with Crippen LogP contribution in [0.5, 0.6) is 0 Å². The predicted molar refractivity (Wildman–Crippen MR) is 46.4 cm³/mol. The summed E-state index contributed by atoms with van der Waals surface area (Å²) in [5, 5.41) is 11.4. The van der Waals surface area contributed by atoms with Crippen LogP contribution in [-0.4, -0.2) is 29.8 Å². The van der Waals surface area contributed by atoms with Crippen LogP contribution in [0.25, 0.3) is 0 Å². The van der Waals surface area contributed by atoms with Crippen molar-refractivity contribution >= 4 is 0 Å². The van der Waals surface area contributed by atoms with Crippen molar-refractivity contribution in [1.82, 2.24) is 29.8 Å². The zero-order valence-corrected chi connectivity index (χ0v) is 7.53. The summed E-state index contributed by atoms with van der Waals surface area (Å²) < 4.78 is 1.41. The highest BCUT2D eigenvalue weighted by molar-refractivity contribution is 4.86. The monoisotopic (exact) mass is 192 g/mol. The van der Waals surface area contributed by atoms with E-state index in [0.29, 0.717) is 12.4 Å². The number of nitrogens with zero attached hydrogens (tertiary/aromatic N) is 6. The van der Waals surface area contributed by atoms with E-state index in [2.05, 4.69) is 20.4 Å². The molecule has 0 atom stereocenters. The average molecular weight is 192 g/mol. The fraction of sp³-hybridized carbons (Fsp3) is 0.286. The highest BCUT2D eigenvalue weighted by Crippen LogP contribution is 1.88. The second kappa shape index (κ2) is 3.36. The molecular weight excluding hydrogens is 184 g/mol. The van der Waals surface area contributed by atoms with Gasteiger partial charge in [0.15, 0.2) is 5.82 Å². The Morgan fingerprint density at radius 1 is 1.50 bits per heavy atom. The maximum atomic E-state index is 11.2. The summed E-state index contributed by atoms with van der Waals surface area (Å²) >= 11 is 0. The van der Waals surface area contributed by atoms with Crippen LogP contribution >= 0.6 is 0 Å². The largest absolute Gasteiger partial charge is 0.347 e. The summed E-state index contributed by atoms with van der Waals surface area (Å²) in [5.41, 5.74) is -0.319. The number of tetrazole rings is 1. The summed E-state index contributed by atoms with van der Waals surface area (Å²) in [6, 6.07) is 1.68. The van der Waals surface area contributed by atoms with Crippen LogP contribution in [-0.2, 0) is 13.6 Å². The summed E-state index contributed by atoms with van der Waals surface area (Å²) in [6.07, 6.45) is 3.08. The van der Waals surface area contributed by atoms with Crippen LogP contribution in [0.1, 0.15) is 5.82 Å². The Hall–Kier alpha value is -2.05. The molecule has 0 saturated carbocycles. The molecule has 0 N–H and O–H groups in total. The Morgan fingerprint density at radius 2 is 2.36 bits per heavy atom. The molecule has 2 heterocycles. The van der Waals surface area contributed by atoms with Crippen LogP contribution in [0.3, 0.4) is 0 Å². The zero-order chi connectivity index (χ0) is 9.97. The van der Waals surface area contributed by atoms with Gasteiger partial charge in [0.05, 0.1) is 13.6 Å². The first kappa shape index (κ1) is 8.54. The summed E-state index contributed by atoms with van der Waals surface area (Å²) in [4.78, 5) is 16.2. The molecule has 7 heteroatoms. The average Bonchev–Trinajstić information content (AvgIpc) is 2.56. The van der Waals surface area contributed by atoms with E-state index in [4.69, 9.17) is 0 Å². The molecule has 2 aromatic rings. The van der Waals surface area contributed by atoms with Crippen molar-refractivity contribution in [2.24, 2.45) is 7.05 Å². The molecule has 0 spiro atoms. The van der Waals surface area contributed by atoms with E-state index < -0.39 is 0 Å². The van der Waals surface area contributed by atoms with Gasteiger partial charge in [-0.3, -0.25) is 4.57 Å². The number of aromatic nitrogens is 6. The molecule has 0 bridgehead atoms. The second-order valence-electron chi connectivity index (χ2n) is 2.73. The molecule has 72 valence electrons. The number of rotatable bonds is 2. The van der Waals surface area contributed by atoms with Crippen LogP contribution < -0.4 is 5.69 Å². The molecule has 2 aromatic heterocycles. The van der Waals surface area contributed by atoms with E-state index in [-0.39, 0.29) is 5.69 Å². The van der Waals surface area contributed by atoms with Gasteiger partial charge in [0, 0.05) is 12.4 Å². The molecule has 14 heavy (non-hydrogen) atoms. The highest BCUT2D eigenvalue weighted by Gasteiger charge is 2.02. The zero-order valence-electron chi connectivity index (χ0n) is 7.53. The maximum Gasteiger partial charge on any atom is 0.347 e. The Bertz CT molecular complexity index is 487. The van der Waals surface area contributed by atoms with Crippen molar-refractivity contribution in [2.75, 3.05) is 0 Å². The summed E-state index contributed by atoms with van der Waals surface area (Å²) in [5.74, 6) is 0.489. The first-order valence-corrected chi connectivity index (χ1v) is 4.00. The second-order valence-corrected chi connectivity index (χ2v) is 2.73. The van der Waals surface area contributed by atoms with Gasteiger partial charge in [0.2, 0.25) is 0 Å². The smallest absolute Gasteiger partial charge is 0.291 e. The number of hydrogen-bond acceptors (Lipinski definition) is 5. The molecule has 0 aromatic carbocycles. The van der Waals surface area contributed by atoms with E-state index in [1.165, 1.54) is 15.6 Å². The lowest BCUT2D eigenvalue weighted by Crippen LogP contribution is -2.22. The van der Waals surface area contributed by atoms with Gasteiger partial charge in [-0.25, -0.2) is 9.78 Å². The molecule has 0 saturated heterocycles. The van der Waals surface area contributed by atoms with Gasteiger partial charge >= 0.3 is 5.69 Å². The fourth-order valence-corrected chi connectivity index (χ4v) is 1.05. The fourth-order valence-electron chi connectivity index (χ4n) is 1.05. The molecule has 0 aliphatic heterocycles. The summed E-state index contributed by atoms with van der Waals surface area (Å²) in [7, 11) is 1.67. The van der Waals surface area contributed by atoms with Crippen molar-refractivity contribution in [3.8, 4) is 0 Å². The minimum Gasteiger partial charge on any atom is -0.291 e. The molecule has 0 aliphatic rings. The maximum absolute atomic E-state index is 11.2. The van der Waals surface area contributed by atoms with Crippen molar-refractivity contribution in [3.63, 3.8) is 0 Å². The number of hydrogen-bond donors (Lipinski definition) is 0. The van der Waals surface area contributed by atoms with Crippen molar-refractivity contribution in [3.05, 3.63) is 34.8 Å². The van der Waals surface area contributed by atoms with E-state index in [9.17, 15) is 4.79 Å². The third kappa shape index (κ3) is 1.65. The first-order chi connectivity index (χ1) is 6.75. The molecule has 0 amide bonds. The minimum atomic E-state index is -0.319. The van der Waals surface area contributed by atoms with Gasteiger partial charge in [-0.2, -0.15) is 4.80 Å². The van der Waals surface area contributed by atoms with E-state index in [1.54, 1.807) is 19.3 Å². The molecule has 2 rings (SSSR count). The third-order valence-electron chi connectivity index (χ3n) is 1.64. The first-order valence-electron chi connectivity index (χ1n) is 4.00. The Morgan fingerprint density at radius 3 is 3.00 bits per heavy atom. The molecule has 0 fully saturated rings. The standard InChI is InChI=1S/C7H8N6O/c1-12-10-6(9-11-12)5-13-4-2-3-8-7(13)14/h2-4H,5H2,1H3. The lowest BCUT2D eigenvalue weighted by Gasteiger charge is -1.97. The van der Waals surface area contributed by atoms with E-state index in [0.717, 1.165) is 0 Å². The third-order valence-corrected chi connectivity index (χ3v) is 1.64. The Balaban J connectivity index is 2.27. The summed E-state index contributed by atoms with van der Waals surface area (Å²) in [6.45, 7) is 0.292. The topological polar surface area (TPSA) is 78.5 Å². The lowest BCUT2D eigenvalue weighted by atomic mass is 10.5. The minimum absolute atomic E-state index is 0.292. The van der Waals surface area contributed by atoms with Crippen LogP contribution in [0.15, 0.2) is 23.3 Å². The van der Waals surface area contributed by atoms with Gasteiger partial charge < -0.3 is 0 Å². The molecular formula is C7H8N6O. The molecule has 7 nitrogen and oxygen atoms in total. The van der Waals surface area contributed by atoms with Crippen LogP contribution in [0, 0.1) is 0 Å². The Kier molecular flexibility index (Phi) is 2.05. The van der Waals surface area contributed by atoms with Gasteiger partial charge in [-0.1, -0.05) is 0 Å². The van der Waals surface area contributed by atoms with Gasteiger partial charge in [-0.15, -0.1) is 10.2 Å². The lowest BCUT2D eigenvalue weighted by molar-refractivity contribution is 0.622. The van der Waals surface area contributed by atoms with Crippen LogP contribution in [0.4, 0.5) is 0 Å². The normalized spacial score (nSPS) is 10.4. The van der Waals surface area contributed by atoms with Crippen molar-refractivity contribution in [1.29, 1.82) is 0 Å². The van der Waals surface area contributed by atoms with Gasteiger partial charge in [0.25, 0.3) is 0 Å². The quantitative estimate of drug-likeness (QED) is 0.598. The predicted octanol–water partition coefficient (Wildman–Crippen LogP) is -1.18. The highest BCUT2D eigenvalue weighted by atomic mass is 16.1. The van der Waals surface area contributed by atoms with E-state index >= 15 is 0 Å². The van der Waals surface area contributed by atoms with Gasteiger partial charge in [0.1, 0.15) is 0 Å². The Labute approximate surface area is 79.0 Å². The molecule has 0 aliphatic carbocycles. The van der Waals surface area contributed by atoms with E-state index in [1.807, 2.05) is 0 Å². The van der Waals surface area contributed by atoms with Crippen LogP contribution in [0.2, 0.25) is 0 Å². The van der Waals surface area contributed by atoms with Crippen molar-refractivity contribution < 1.29 is 0 Å². The SMILES string of the molecule is Cn1nnc(Cn2cccnc2=O)n1.